The molecule has 21 heavy (non-hydrogen) atoms. The van der Waals surface area contributed by atoms with Gasteiger partial charge in [0.05, 0.1) is 18.6 Å². The summed E-state index contributed by atoms with van der Waals surface area (Å²) in [4.78, 5) is 26.6. The van der Waals surface area contributed by atoms with E-state index < -0.39 is 23.5 Å². The SMILES string of the molecule is NCCCCC(NC(=O)OCCCCON(O)O)C(=O)O. The number of carbonyl (C=O) groups is 2. The van der Waals surface area contributed by atoms with E-state index in [-0.39, 0.29) is 19.6 Å². The zero-order valence-electron chi connectivity index (χ0n) is 11.7. The van der Waals surface area contributed by atoms with E-state index in [2.05, 4.69) is 10.2 Å². The summed E-state index contributed by atoms with van der Waals surface area (Å²) in [6.45, 7) is 0.591. The number of hydrogen-bond donors (Lipinski definition) is 5. The van der Waals surface area contributed by atoms with Crippen molar-refractivity contribution in [2.24, 2.45) is 5.73 Å². The molecule has 0 spiro atoms. The van der Waals surface area contributed by atoms with Crippen molar-refractivity contribution in [1.29, 1.82) is 0 Å². The Morgan fingerprint density at radius 1 is 1.14 bits per heavy atom. The maximum absolute atomic E-state index is 11.4. The van der Waals surface area contributed by atoms with Crippen LogP contribution in [0.15, 0.2) is 0 Å². The Balaban J connectivity index is 3.75. The molecule has 0 rings (SSSR count). The van der Waals surface area contributed by atoms with Crippen LogP contribution in [0.4, 0.5) is 4.79 Å². The molecule has 0 aliphatic heterocycles. The highest BCUT2D eigenvalue weighted by Gasteiger charge is 2.19. The zero-order valence-corrected chi connectivity index (χ0v) is 11.7. The topological polar surface area (TPSA) is 155 Å². The number of rotatable bonds is 12. The molecule has 10 nitrogen and oxygen atoms in total. The van der Waals surface area contributed by atoms with Gasteiger partial charge >= 0.3 is 12.1 Å². The lowest BCUT2D eigenvalue weighted by molar-refractivity contribution is -0.492. The number of carbonyl (C=O) groups excluding carboxylic acids is 1. The highest BCUT2D eigenvalue weighted by Crippen LogP contribution is 2.01. The third kappa shape index (κ3) is 12.0. The highest BCUT2D eigenvalue weighted by atomic mass is 17.1. The zero-order chi connectivity index (χ0) is 16.1. The minimum atomic E-state index is -1.12. The molecule has 124 valence electrons. The molecule has 0 aromatic heterocycles. The van der Waals surface area contributed by atoms with Gasteiger partial charge in [-0.15, -0.1) is 0 Å². The number of carboxylic acid groups (broad SMARTS) is 1. The van der Waals surface area contributed by atoms with Crippen molar-refractivity contribution in [2.45, 2.75) is 38.1 Å². The number of aliphatic carboxylic acids is 1. The fraction of sp³-hybridized carbons (Fsp3) is 0.818. The molecule has 0 aliphatic rings. The number of alkyl carbamates (subject to hydrolysis) is 1. The summed E-state index contributed by atoms with van der Waals surface area (Å²) >= 11 is 0. The fourth-order valence-electron chi connectivity index (χ4n) is 1.45. The maximum Gasteiger partial charge on any atom is 0.407 e. The van der Waals surface area contributed by atoms with Crippen molar-refractivity contribution in [3.63, 3.8) is 0 Å². The Labute approximate surface area is 122 Å². The molecule has 0 bridgehead atoms. The van der Waals surface area contributed by atoms with E-state index in [0.29, 0.717) is 32.2 Å². The van der Waals surface area contributed by atoms with E-state index in [1.54, 1.807) is 0 Å². The van der Waals surface area contributed by atoms with Gasteiger partial charge in [0, 0.05) is 0 Å². The average Bonchev–Trinajstić information content (AvgIpc) is 2.41. The third-order valence-electron chi connectivity index (χ3n) is 2.52. The Bertz CT molecular complexity index is 302. The number of ether oxygens (including phenoxy) is 1. The minimum absolute atomic E-state index is 0.0504. The first kappa shape index (κ1) is 19.5. The van der Waals surface area contributed by atoms with E-state index in [1.807, 2.05) is 0 Å². The van der Waals surface area contributed by atoms with Gasteiger partial charge in [-0.25, -0.2) is 9.59 Å². The van der Waals surface area contributed by atoms with Gasteiger partial charge in [0.1, 0.15) is 6.04 Å². The molecule has 0 aromatic carbocycles. The summed E-state index contributed by atoms with van der Waals surface area (Å²) in [6, 6.07) is -0.996. The monoisotopic (exact) mass is 309 g/mol. The summed E-state index contributed by atoms with van der Waals surface area (Å²) < 4.78 is 4.80. The largest absolute Gasteiger partial charge is 0.480 e. The van der Waals surface area contributed by atoms with Crippen molar-refractivity contribution >= 4 is 12.1 Å². The normalized spacial score (nSPS) is 12.2. The maximum atomic E-state index is 11.4. The second-order valence-corrected chi connectivity index (χ2v) is 4.25. The van der Waals surface area contributed by atoms with Gasteiger partial charge in [-0.2, -0.15) is 0 Å². The van der Waals surface area contributed by atoms with Crippen LogP contribution in [0.5, 0.6) is 0 Å². The molecule has 0 heterocycles. The van der Waals surface area contributed by atoms with Crippen LogP contribution in [0.3, 0.4) is 0 Å². The molecule has 10 heteroatoms. The molecule has 0 radical (unpaired) electrons. The van der Waals surface area contributed by atoms with Crippen molar-refractivity contribution in [1.82, 2.24) is 10.7 Å². The van der Waals surface area contributed by atoms with E-state index in [9.17, 15) is 9.59 Å². The van der Waals surface area contributed by atoms with Gasteiger partial charge < -0.3 is 20.9 Å². The number of nitrogens with zero attached hydrogens (tertiary/aromatic N) is 1. The van der Waals surface area contributed by atoms with Gasteiger partial charge in [0.15, 0.2) is 0 Å². The van der Waals surface area contributed by atoms with Crippen molar-refractivity contribution in [2.75, 3.05) is 19.8 Å². The van der Waals surface area contributed by atoms with Gasteiger partial charge in [-0.05, 0) is 38.6 Å². The molecule has 0 saturated carbocycles. The highest BCUT2D eigenvalue weighted by molar-refractivity contribution is 5.79. The van der Waals surface area contributed by atoms with Gasteiger partial charge in [-0.3, -0.25) is 15.3 Å². The van der Waals surface area contributed by atoms with E-state index >= 15 is 0 Å². The van der Waals surface area contributed by atoms with Gasteiger partial charge in [-0.1, -0.05) is 0 Å². The number of amides is 1. The molecule has 1 atom stereocenters. The first-order valence-electron chi connectivity index (χ1n) is 6.64. The van der Waals surface area contributed by atoms with Crippen LogP contribution in [0.2, 0.25) is 0 Å². The predicted molar refractivity (Wildman–Crippen MR) is 69.4 cm³/mol. The lowest BCUT2D eigenvalue weighted by atomic mass is 10.1. The molecule has 1 unspecified atom stereocenters. The van der Waals surface area contributed by atoms with Crippen LogP contribution in [0, 0.1) is 0 Å². The Kier molecular flexibility index (Phi) is 11.4. The fourth-order valence-corrected chi connectivity index (χ4v) is 1.45. The smallest absolute Gasteiger partial charge is 0.407 e. The van der Waals surface area contributed by atoms with Crippen molar-refractivity contribution < 1.29 is 34.7 Å². The van der Waals surface area contributed by atoms with Crippen LogP contribution in [0.25, 0.3) is 0 Å². The van der Waals surface area contributed by atoms with Crippen LogP contribution in [-0.2, 0) is 14.4 Å². The molecule has 0 aliphatic carbocycles. The van der Waals surface area contributed by atoms with Crippen molar-refractivity contribution in [3.05, 3.63) is 0 Å². The lowest BCUT2D eigenvalue weighted by Gasteiger charge is -2.14. The van der Waals surface area contributed by atoms with E-state index in [1.165, 1.54) is 0 Å². The summed E-state index contributed by atoms with van der Waals surface area (Å²) in [5.74, 6) is -1.12. The molecule has 0 aromatic rings. The quantitative estimate of drug-likeness (QED) is 0.249. The van der Waals surface area contributed by atoms with Gasteiger partial charge in [0.2, 0.25) is 0 Å². The Morgan fingerprint density at radius 3 is 2.38 bits per heavy atom. The molecule has 1 amide bonds. The first-order chi connectivity index (χ1) is 9.97. The number of carboxylic acids is 1. The summed E-state index contributed by atoms with van der Waals surface area (Å²) in [5, 5.41) is 27.3. The van der Waals surface area contributed by atoms with Crippen LogP contribution in [0.1, 0.15) is 32.1 Å². The predicted octanol–water partition coefficient (Wildman–Crippen LogP) is 0.0870. The average molecular weight is 309 g/mol. The molecular weight excluding hydrogens is 286 g/mol. The van der Waals surface area contributed by atoms with Gasteiger partial charge in [0.25, 0.3) is 0 Å². The Morgan fingerprint density at radius 2 is 1.81 bits per heavy atom. The number of hydrogen-bond acceptors (Lipinski definition) is 8. The molecule has 6 N–H and O–H groups in total. The van der Waals surface area contributed by atoms with E-state index in [4.69, 9.17) is 26.0 Å². The number of unbranched alkanes of at least 4 members (excludes halogenated alkanes) is 2. The summed E-state index contributed by atoms with van der Waals surface area (Å²) in [7, 11) is 0. The summed E-state index contributed by atoms with van der Waals surface area (Å²) in [5.41, 5.74) is 5.31. The minimum Gasteiger partial charge on any atom is -0.480 e. The summed E-state index contributed by atoms with van der Waals surface area (Å²) in [6.07, 6.45) is 1.65. The second-order valence-electron chi connectivity index (χ2n) is 4.25. The van der Waals surface area contributed by atoms with Crippen LogP contribution >= 0.6 is 0 Å². The Hall–Kier alpha value is -1.46. The standard InChI is InChI=1S/C11H23N3O7/c12-6-2-1-5-9(10(15)16)13-11(17)20-7-3-4-8-21-14(18)19/h9,18-19H,1-8,12H2,(H,13,17)(H,15,16). The lowest BCUT2D eigenvalue weighted by Crippen LogP contribution is -2.41. The van der Waals surface area contributed by atoms with Crippen molar-refractivity contribution in [3.8, 4) is 0 Å². The number of nitrogens with one attached hydrogen (secondary N) is 1. The molecular formula is C11H23N3O7. The third-order valence-corrected chi connectivity index (χ3v) is 2.52. The van der Waals surface area contributed by atoms with Crippen LogP contribution < -0.4 is 11.1 Å². The number of nitrogens with two attached hydrogens (primary N) is 1. The first-order valence-corrected chi connectivity index (χ1v) is 6.64. The van der Waals surface area contributed by atoms with E-state index in [0.717, 1.165) is 0 Å². The molecule has 0 saturated heterocycles. The van der Waals surface area contributed by atoms with Crippen LogP contribution in [-0.4, -0.2) is 58.8 Å². The molecule has 0 fully saturated rings. The second kappa shape index (κ2) is 12.3.